The average Bonchev–Trinajstić information content (AvgIpc) is 2.86. The number of nitrogens with zero attached hydrogens (tertiary/aromatic N) is 3. The Kier molecular flexibility index (Phi) is 7.54. The lowest BCUT2D eigenvalue weighted by Crippen LogP contribution is -2.45. The van der Waals surface area contributed by atoms with E-state index in [9.17, 15) is 0 Å². The van der Waals surface area contributed by atoms with Gasteiger partial charge in [0.1, 0.15) is 11.9 Å². The van der Waals surface area contributed by atoms with Gasteiger partial charge in [-0.2, -0.15) is 5.10 Å². The molecule has 0 aliphatic rings. The van der Waals surface area contributed by atoms with Gasteiger partial charge in [0.2, 0.25) is 0 Å². The molecular formula is C20H30ClN5O. The molecule has 0 radical (unpaired) electrons. The van der Waals surface area contributed by atoms with Crippen molar-refractivity contribution in [3.05, 3.63) is 46.2 Å². The Morgan fingerprint density at radius 2 is 1.93 bits per heavy atom. The maximum absolute atomic E-state index is 5.90. The number of nitrogens with one attached hydrogen (secondary N) is 2. The molecule has 0 fully saturated rings. The summed E-state index contributed by atoms with van der Waals surface area (Å²) in [5.41, 5.74) is 3.57. The van der Waals surface area contributed by atoms with E-state index in [1.807, 2.05) is 42.9 Å². The monoisotopic (exact) mass is 391 g/mol. The van der Waals surface area contributed by atoms with Crippen molar-refractivity contribution in [2.45, 2.75) is 46.3 Å². The van der Waals surface area contributed by atoms with E-state index in [-0.39, 0.29) is 12.1 Å². The second-order valence-corrected chi connectivity index (χ2v) is 7.29. The molecule has 2 atom stereocenters. The van der Waals surface area contributed by atoms with Crippen molar-refractivity contribution in [2.75, 3.05) is 13.6 Å². The van der Waals surface area contributed by atoms with Crippen LogP contribution in [0.25, 0.3) is 0 Å². The fourth-order valence-corrected chi connectivity index (χ4v) is 3.05. The van der Waals surface area contributed by atoms with Crippen LogP contribution < -0.4 is 15.4 Å². The molecule has 2 N–H and O–H groups in total. The van der Waals surface area contributed by atoms with Crippen molar-refractivity contribution in [3.8, 4) is 5.75 Å². The third kappa shape index (κ3) is 6.17. The summed E-state index contributed by atoms with van der Waals surface area (Å²) in [7, 11) is 3.75. The molecule has 1 aromatic heterocycles. The van der Waals surface area contributed by atoms with Crippen LogP contribution in [0.15, 0.2) is 29.3 Å². The van der Waals surface area contributed by atoms with Crippen LogP contribution in [0.3, 0.4) is 0 Å². The minimum Gasteiger partial charge on any atom is -0.489 e. The number of aromatic nitrogens is 2. The molecular weight excluding hydrogens is 362 g/mol. The van der Waals surface area contributed by atoms with Crippen LogP contribution in [-0.4, -0.2) is 41.5 Å². The number of ether oxygens (including phenoxy) is 1. The quantitative estimate of drug-likeness (QED) is 0.561. The van der Waals surface area contributed by atoms with Crippen molar-refractivity contribution >= 4 is 17.6 Å². The fraction of sp³-hybridized carbons (Fsp3) is 0.500. The van der Waals surface area contributed by atoms with E-state index >= 15 is 0 Å². The minimum absolute atomic E-state index is 0.0113. The van der Waals surface area contributed by atoms with Crippen molar-refractivity contribution in [3.63, 3.8) is 0 Å². The molecule has 27 heavy (non-hydrogen) atoms. The highest BCUT2D eigenvalue weighted by molar-refractivity contribution is 6.30. The Morgan fingerprint density at radius 1 is 1.26 bits per heavy atom. The average molecular weight is 392 g/mol. The van der Waals surface area contributed by atoms with E-state index in [0.29, 0.717) is 11.6 Å². The lowest BCUT2D eigenvalue weighted by Gasteiger charge is -2.21. The van der Waals surface area contributed by atoms with Crippen molar-refractivity contribution in [1.29, 1.82) is 0 Å². The number of halogens is 1. The number of hydrogen-bond acceptors (Lipinski definition) is 3. The van der Waals surface area contributed by atoms with E-state index in [1.54, 1.807) is 7.05 Å². The normalized spacial score (nSPS) is 14.0. The molecule has 0 saturated heterocycles. The molecule has 7 heteroatoms. The van der Waals surface area contributed by atoms with Crippen LogP contribution >= 0.6 is 11.6 Å². The highest BCUT2D eigenvalue weighted by atomic mass is 35.5. The summed E-state index contributed by atoms with van der Waals surface area (Å²) in [5.74, 6) is 1.56. The van der Waals surface area contributed by atoms with Gasteiger partial charge in [0, 0.05) is 30.9 Å². The molecule has 1 heterocycles. The van der Waals surface area contributed by atoms with Gasteiger partial charge in [-0.25, -0.2) is 0 Å². The van der Waals surface area contributed by atoms with Gasteiger partial charge in [-0.1, -0.05) is 11.6 Å². The van der Waals surface area contributed by atoms with Crippen molar-refractivity contribution < 1.29 is 4.74 Å². The highest BCUT2D eigenvalue weighted by Gasteiger charge is 2.14. The second-order valence-electron chi connectivity index (χ2n) is 6.86. The molecule has 0 aliphatic heterocycles. The fourth-order valence-electron chi connectivity index (χ4n) is 2.93. The Balaban J connectivity index is 1.83. The first-order valence-corrected chi connectivity index (χ1v) is 9.56. The first kappa shape index (κ1) is 21.1. The van der Waals surface area contributed by atoms with Crippen molar-refractivity contribution in [2.24, 2.45) is 12.0 Å². The van der Waals surface area contributed by atoms with E-state index in [2.05, 4.69) is 41.5 Å². The van der Waals surface area contributed by atoms with Gasteiger partial charge in [-0.05, 0) is 63.9 Å². The Labute approximate surface area is 167 Å². The summed E-state index contributed by atoms with van der Waals surface area (Å²) in [6.07, 6.45) is 0.881. The van der Waals surface area contributed by atoms with Gasteiger partial charge in [0.15, 0.2) is 5.96 Å². The summed E-state index contributed by atoms with van der Waals surface area (Å²) in [4.78, 5) is 4.31. The zero-order chi connectivity index (χ0) is 20.0. The molecule has 2 unspecified atom stereocenters. The first-order valence-electron chi connectivity index (χ1n) is 9.18. The number of benzene rings is 1. The van der Waals surface area contributed by atoms with Gasteiger partial charge in [0.05, 0.1) is 12.2 Å². The van der Waals surface area contributed by atoms with Crippen LogP contribution in [0.1, 0.15) is 30.8 Å². The Hall–Kier alpha value is -2.21. The molecule has 148 valence electrons. The standard InChI is InChI=1S/C20H30ClN5O/c1-13(11-19-15(3)25-26(6)16(19)4)24-20(22-5)23-12-14(2)27-18-9-7-17(21)8-10-18/h7-10,13-14H,11-12H2,1-6H3,(H2,22,23,24). The van der Waals surface area contributed by atoms with Gasteiger partial charge in [-0.3, -0.25) is 9.67 Å². The highest BCUT2D eigenvalue weighted by Crippen LogP contribution is 2.16. The van der Waals surface area contributed by atoms with Gasteiger partial charge in [0.25, 0.3) is 0 Å². The van der Waals surface area contributed by atoms with Gasteiger partial charge in [-0.15, -0.1) is 0 Å². The predicted octanol–water partition coefficient (Wildman–Crippen LogP) is 3.25. The maximum Gasteiger partial charge on any atom is 0.191 e. The number of aliphatic imine (C=N–C) groups is 1. The molecule has 6 nitrogen and oxygen atoms in total. The zero-order valence-corrected chi connectivity index (χ0v) is 17.8. The van der Waals surface area contributed by atoms with Crippen LogP contribution in [0.5, 0.6) is 5.75 Å². The molecule has 0 bridgehead atoms. The number of rotatable bonds is 7. The molecule has 1 aromatic carbocycles. The number of aryl methyl sites for hydroxylation is 2. The molecule has 2 rings (SSSR count). The third-order valence-electron chi connectivity index (χ3n) is 4.48. The summed E-state index contributed by atoms with van der Waals surface area (Å²) >= 11 is 5.90. The predicted molar refractivity (Wildman–Crippen MR) is 112 cm³/mol. The van der Waals surface area contributed by atoms with Gasteiger partial charge >= 0.3 is 0 Å². The van der Waals surface area contributed by atoms with E-state index in [0.717, 1.165) is 23.8 Å². The third-order valence-corrected chi connectivity index (χ3v) is 4.74. The second kappa shape index (κ2) is 9.65. The minimum atomic E-state index is -0.0113. The SMILES string of the molecule is CN=C(NCC(C)Oc1ccc(Cl)cc1)NC(C)Cc1c(C)nn(C)c1C. The summed E-state index contributed by atoms with van der Waals surface area (Å²) < 4.78 is 7.81. The first-order chi connectivity index (χ1) is 12.8. The molecule has 0 spiro atoms. The van der Waals surface area contributed by atoms with Crippen LogP contribution in [-0.2, 0) is 13.5 Å². The summed E-state index contributed by atoms with van der Waals surface area (Å²) in [5, 5.41) is 11.9. The molecule has 0 saturated carbocycles. The Morgan fingerprint density at radius 3 is 2.48 bits per heavy atom. The smallest absolute Gasteiger partial charge is 0.191 e. The van der Waals surface area contributed by atoms with Crippen molar-refractivity contribution in [1.82, 2.24) is 20.4 Å². The lowest BCUT2D eigenvalue weighted by molar-refractivity contribution is 0.223. The summed E-state index contributed by atoms with van der Waals surface area (Å²) in [6, 6.07) is 7.60. The maximum atomic E-state index is 5.90. The number of guanidine groups is 1. The lowest BCUT2D eigenvalue weighted by atomic mass is 10.1. The van der Waals surface area contributed by atoms with E-state index < -0.39 is 0 Å². The molecule has 0 amide bonds. The van der Waals surface area contributed by atoms with Crippen LogP contribution in [0.4, 0.5) is 0 Å². The number of hydrogen-bond donors (Lipinski definition) is 2. The van der Waals surface area contributed by atoms with Crippen LogP contribution in [0, 0.1) is 13.8 Å². The molecule has 2 aromatic rings. The Bertz CT molecular complexity index is 769. The van der Waals surface area contributed by atoms with E-state index in [1.165, 1.54) is 11.3 Å². The largest absolute Gasteiger partial charge is 0.489 e. The molecule has 0 aliphatic carbocycles. The van der Waals surface area contributed by atoms with E-state index in [4.69, 9.17) is 16.3 Å². The summed E-state index contributed by atoms with van der Waals surface area (Å²) in [6.45, 7) is 8.95. The topological polar surface area (TPSA) is 63.5 Å². The van der Waals surface area contributed by atoms with Crippen LogP contribution in [0.2, 0.25) is 5.02 Å². The zero-order valence-electron chi connectivity index (χ0n) is 17.0. The van der Waals surface area contributed by atoms with Gasteiger partial charge < -0.3 is 15.4 Å².